The summed E-state index contributed by atoms with van der Waals surface area (Å²) in [5.41, 5.74) is 2.54. The van der Waals surface area contributed by atoms with Crippen LogP contribution in [-0.2, 0) is 14.8 Å². The molecule has 0 fully saturated rings. The molecule has 0 bridgehead atoms. The largest absolute Gasteiger partial charge is 0.405 e. The molecule has 33 heavy (non-hydrogen) atoms. The van der Waals surface area contributed by atoms with Gasteiger partial charge in [-0.2, -0.15) is 13.2 Å². The molecule has 9 nitrogen and oxygen atoms in total. The second-order valence-electron chi connectivity index (χ2n) is 7.86. The summed E-state index contributed by atoms with van der Waals surface area (Å²) in [5.74, 6) is -1.08. The lowest BCUT2D eigenvalue weighted by atomic mass is 10.0. The number of anilines is 2. The van der Waals surface area contributed by atoms with Gasteiger partial charge in [0.2, 0.25) is 15.9 Å². The summed E-state index contributed by atoms with van der Waals surface area (Å²) in [6, 6.07) is 2.40. The zero-order valence-electron chi connectivity index (χ0n) is 18.0. The molecule has 3 aromatic rings. The van der Waals surface area contributed by atoms with Gasteiger partial charge in [-0.1, -0.05) is 13.8 Å². The summed E-state index contributed by atoms with van der Waals surface area (Å²) < 4.78 is 62.8. The summed E-state index contributed by atoms with van der Waals surface area (Å²) in [5, 5.41) is 5.48. The topological polar surface area (TPSA) is 129 Å². The summed E-state index contributed by atoms with van der Waals surface area (Å²) in [7, 11) is -3.49. The number of hydrogen-bond acceptors (Lipinski definition) is 6. The van der Waals surface area contributed by atoms with Crippen molar-refractivity contribution < 1.29 is 26.4 Å². The van der Waals surface area contributed by atoms with E-state index in [0.717, 1.165) is 6.26 Å². The van der Waals surface area contributed by atoms with Gasteiger partial charge in [0.05, 0.1) is 23.8 Å². The Morgan fingerprint density at radius 1 is 1.15 bits per heavy atom. The van der Waals surface area contributed by atoms with Crippen LogP contribution in [0.25, 0.3) is 22.2 Å². The first-order valence-corrected chi connectivity index (χ1v) is 11.7. The highest BCUT2D eigenvalue weighted by molar-refractivity contribution is 7.92. The first-order chi connectivity index (χ1) is 15.3. The van der Waals surface area contributed by atoms with Crippen LogP contribution in [-0.4, -0.2) is 54.3 Å². The van der Waals surface area contributed by atoms with Gasteiger partial charge in [0.1, 0.15) is 18.2 Å². The van der Waals surface area contributed by atoms with Gasteiger partial charge in [-0.3, -0.25) is 14.5 Å². The number of alkyl halides is 3. The number of nitrogens with one attached hydrogen (secondary N) is 4. The smallest absolute Gasteiger partial charge is 0.372 e. The SMILES string of the molecule is CC(C)[C@H](Nc1cncc(-c2c[nH]c3ncc(NS(C)(=O)=O)cc23)c1)C(=O)NCC(F)(F)F. The van der Waals surface area contributed by atoms with Crippen LogP contribution in [0.3, 0.4) is 0 Å². The number of carbonyl (C=O) groups is 1. The van der Waals surface area contributed by atoms with Gasteiger partial charge in [0.15, 0.2) is 0 Å². The molecule has 3 aromatic heterocycles. The molecule has 178 valence electrons. The van der Waals surface area contributed by atoms with Gasteiger partial charge in [0.25, 0.3) is 0 Å². The van der Waals surface area contributed by atoms with E-state index < -0.39 is 34.7 Å². The van der Waals surface area contributed by atoms with Gasteiger partial charge < -0.3 is 15.6 Å². The second-order valence-corrected chi connectivity index (χ2v) is 9.61. The van der Waals surface area contributed by atoms with E-state index in [-0.39, 0.29) is 11.6 Å². The number of fused-ring (bicyclic) bond motifs is 1. The molecule has 0 aliphatic carbocycles. The van der Waals surface area contributed by atoms with Crippen molar-refractivity contribution in [1.82, 2.24) is 20.3 Å². The maximum absolute atomic E-state index is 12.5. The Balaban J connectivity index is 1.87. The van der Waals surface area contributed by atoms with Crippen LogP contribution < -0.4 is 15.4 Å². The normalized spacial score (nSPS) is 13.2. The van der Waals surface area contributed by atoms with Crippen LogP contribution in [0.1, 0.15) is 13.8 Å². The van der Waals surface area contributed by atoms with E-state index in [1.807, 2.05) is 5.32 Å². The number of halogens is 3. The van der Waals surface area contributed by atoms with Crippen LogP contribution in [0.15, 0.2) is 36.9 Å². The number of pyridine rings is 2. The Kier molecular flexibility index (Phi) is 6.81. The molecule has 3 rings (SSSR count). The van der Waals surface area contributed by atoms with Gasteiger partial charge in [0, 0.05) is 35.1 Å². The van der Waals surface area contributed by atoms with Gasteiger partial charge in [-0.05, 0) is 18.1 Å². The highest BCUT2D eigenvalue weighted by Crippen LogP contribution is 2.30. The molecule has 0 saturated heterocycles. The maximum atomic E-state index is 12.5. The molecular formula is C20H23F3N6O3S. The zero-order valence-corrected chi connectivity index (χ0v) is 18.8. The molecule has 0 unspecified atom stereocenters. The van der Waals surface area contributed by atoms with Crippen molar-refractivity contribution in [2.45, 2.75) is 26.1 Å². The minimum absolute atomic E-state index is 0.286. The van der Waals surface area contributed by atoms with Crippen molar-refractivity contribution in [3.05, 3.63) is 36.9 Å². The van der Waals surface area contributed by atoms with Gasteiger partial charge in [-0.25, -0.2) is 13.4 Å². The maximum Gasteiger partial charge on any atom is 0.405 e. The zero-order chi connectivity index (χ0) is 24.4. The number of aromatic amines is 1. The van der Waals surface area contributed by atoms with E-state index >= 15 is 0 Å². The van der Waals surface area contributed by atoms with Crippen LogP contribution >= 0.6 is 0 Å². The van der Waals surface area contributed by atoms with Crippen molar-refractivity contribution in [3.63, 3.8) is 0 Å². The fourth-order valence-electron chi connectivity index (χ4n) is 3.19. The lowest BCUT2D eigenvalue weighted by molar-refractivity contribution is -0.139. The lowest BCUT2D eigenvalue weighted by Gasteiger charge is -2.23. The van der Waals surface area contributed by atoms with E-state index in [2.05, 4.69) is 25.0 Å². The monoisotopic (exact) mass is 484 g/mol. The van der Waals surface area contributed by atoms with Crippen molar-refractivity contribution >= 4 is 38.3 Å². The fraction of sp³-hybridized carbons (Fsp3) is 0.350. The number of hydrogen-bond donors (Lipinski definition) is 4. The summed E-state index contributed by atoms with van der Waals surface area (Å²) in [6.45, 7) is 2.01. The fourth-order valence-corrected chi connectivity index (χ4v) is 3.73. The van der Waals surface area contributed by atoms with Crippen molar-refractivity contribution in [3.8, 4) is 11.1 Å². The molecule has 1 amide bonds. The Labute approximate surface area is 188 Å². The second kappa shape index (κ2) is 9.25. The Bertz CT molecular complexity index is 1260. The van der Waals surface area contributed by atoms with Crippen LogP contribution in [0.2, 0.25) is 0 Å². The third kappa shape index (κ3) is 6.57. The lowest BCUT2D eigenvalue weighted by Crippen LogP contribution is -2.46. The molecule has 0 spiro atoms. The number of H-pyrrole nitrogens is 1. The number of aromatic nitrogens is 3. The average Bonchev–Trinajstić information content (AvgIpc) is 3.11. The van der Waals surface area contributed by atoms with Crippen molar-refractivity contribution in [2.75, 3.05) is 22.8 Å². The van der Waals surface area contributed by atoms with E-state index in [9.17, 15) is 26.4 Å². The molecule has 0 aliphatic rings. The number of rotatable bonds is 8. The first kappa shape index (κ1) is 24.3. The molecule has 13 heteroatoms. The molecule has 3 heterocycles. The van der Waals surface area contributed by atoms with Crippen molar-refractivity contribution in [1.29, 1.82) is 0 Å². The van der Waals surface area contributed by atoms with E-state index in [0.29, 0.717) is 27.8 Å². The number of carbonyl (C=O) groups excluding carboxylic acids is 1. The standard InChI is InChI=1S/C20H23F3N6O3S/c1-11(2)17(19(30)27-10-20(21,22)23)28-13-4-12(6-24-7-13)16-9-26-18-15(16)5-14(8-25-18)29-33(3,31)32/h4-9,11,17,28-29H,10H2,1-3H3,(H,25,26)(H,27,30)/t17-/m0/s1. The average molecular weight is 485 g/mol. The predicted octanol–water partition coefficient (Wildman–Crippen LogP) is 3.11. The van der Waals surface area contributed by atoms with E-state index in [1.54, 1.807) is 38.4 Å². The molecule has 0 aromatic carbocycles. The van der Waals surface area contributed by atoms with Crippen LogP contribution in [0.4, 0.5) is 24.5 Å². The van der Waals surface area contributed by atoms with Crippen molar-refractivity contribution in [2.24, 2.45) is 5.92 Å². The summed E-state index contributed by atoms with van der Waals surface area (Å²) in [6.07, 6.45) is 2.61. The molecule has 1 atom stereocenters. The Hall–Kier alpha value is -3.35. The number of amides is 1. The Morgan fingerprint density at radius 2 is 1.88 bits per heavy atom. The highest BCUT2D eigenvalue weighted by atomic mass is 32.2. The summed E-state index contributed by atoms with van der Waals surface area (Å²) >= 11 is 0. The predicted molar refractivity (Wildman–Crippen MR) is 119 cm³/mol. The minimum atomic E-state index is -4.51. The first-order valence-electron chi connectivity index (χ1n) is 9.84. The van der Waals surface area contributed by atoms with Gasteiger partial charge in [-0.15, -0.1) is 0 Å². The van der Waals surface area contributed by atoms with E-state index in [1.165, 1.54) is 12.4 Å². The number of sulfonamides is 1. The molecule has 0 aliphatic heterocycles. The van der Waals surface area contributed by atoms with Crippen LogP contribution in [0, 0.1) is 5.92 Å². The van der Waals surface area contributed by atoms with Gasteiger partial charge >= 0.3 is 6.18 Å². The highest BCUT2D eigenvalue weighted by Gasteiger charge is 2.30. The number of nitrogens with zero attached hydrogens (tertiary/aromatic N) is 2. The third-order valence-electron chi connectivity index (χ3n) is 4.62. The van der Waals surface area contributed by atoms with E-state index in [4.69, 9.17) is 0 Å². The molecular weight excluding hydrogens is 461 g/mol. The van der Waals surface area contributed by atoms with Crippen LogP contribution in [0.5, 0.6) is 0 Å². The molecule has 0 radical (unpaired) electrons. The molecule has 0 saturated carbocycles. The quantitative estimate of drug-likeness (QED) is 0.389. The third-order valence-corrected chi connectivity index (χ3v) is 5.22. The summed E-state index contributed by atoms with van der Waals surface area (Å²) in [4.78, 5) is 23.7. The molecule has 4 N–H and O–H groups in total. The minimum Gasteiger partial charge on any atom is -0.372 e. The Morgan fingerprint density at radius 3 is 2.52 bits per heavy atom.